The van der Waals surface area contributed by atoms with Crippen molar-refractivity contribution < 1.29 is 4.21 Å². The summed E-state index contributed by atoms with van der Waals surface area (Å²) in [6.07, 6.45) is 4.14. The summed E-state index contributed by atoms with van der Waals surface area (Å²) >= 11 is 0. The predicted octanol–water partition coefficient (Wildman–Crippen LogP) is 2.11. The summed E-state index contributed by atoms with van der Waals surface area (Å²) in [5.74, 6) is 1.59. The van der Waals surface area contributed by atoms with E-state index in [9.17, 15) is 4.21 Å². The first-order valence-corrected chi connectivity index (χ1v) is 7.40. The van der Waals surface area contributed by atoms with Gasteiger partial charge in [0.05, 0.1) is 0 Å². The van der Waals surface area contributed by atoms with Crippen LogP contribution in [-0.2, 0) is 17.2 Å². The monoisotopic (exact) mass is 239 g/mol. The third-order valence-electron chi connectivity index (χ3n) is 2.51. The third kappa shape index (κ3) is 6.03. The normalized spacial score (nSPS) is 12.6. The van der Waals surface area contributed by atoms with E-state index in [2.05, 4.69) is 24.3 Å². The number of nitrogens with two attached hydrogens (primary N) is 1. The molecular formula is C13H21NOS. The standard InChI is InChI=1S/C13H21NOS/c14-10-6-12-16(15)11-5-4-9-13-7-2-1-3-8-13/h1-3,7-8H,4-6,9-12,14H2. The molecule has 1 aromatic rings. The minimum atomic E-state index is -0.658. The van der Waals surface area contributed by atoms with Crippen molar-refractivity contribution in [2.24, 2.45) is 5.73 Å². The molecule has 0 aliphatic rings. The molecular weight excluding hydrogens is 218 g/mol. The molecule has 90 valence electrons. The van der Waals surface area contributed by atoms with Crippen LogP contribution in [-0.4, -0.2) is 22.3 Å². The highest BCUT2D eigenvalue weighted by molar-refractivity contribution is 7.84. The van der Waals surface area contributed by atoms with Gasteiger partial charge in [-0.2, -0.15) is 0 Å². The first-order valence-electron chi connectivity index (χ1n) is 5.92. The molecule has 1 atom stereocenters. The van der Waals surface area contributed by atoms with Crippen LogP contribution >= 0.6 is 0 Å². The first-order chi connectivity index (χ1) is 7.83. The van der Waals surface area contributed by atoms with Gasteiger partial charge in [0.15, 0.2) is 0 Å². The van der Waals surface area contributed by atoms with Crippen molar-refractivity contribution in [1.82, 2.24) is 0 Å². The molecule has 0 fully saturated rings. The van der Waals surface area contributed by atoms with Crippen LogP contribution in [0.25, 0.3) is 0 Å². The van der Waals surface area contributed by atoms with Crippen molar-refractivity contribution in [2.45, 2.75) is 25.7 Å². The Morgan fingerprint density at radius 1 is 1.00 bits per heavy atom. The Hall–Kier alpha value is -0.670. The van der Waals surface area contributed by atoms with E-state index in [0.29, 0.717) is 6.54 Å². The first kappa shape index (κ1) is 13.4. The average Bonchev–Trinajstić information content (AvgIpc) is 2.33. The molecule has 16 heavy (non-hydrogen) atoms. The van der Waals surface area contributed by atoms with Crippen molar-refractivity contribution in [3.63, 3.8) is 0 Å². The highest BCUT2D eigenvalue weighted by atomic mass is 32.2. The molecule has 0 saturated carbocycles. The van der Waals surface area contributed by atoms with E-state index in [1.54, 1.807) is 0 Å². The summed E-state index contributed by atoms with van der Waals surface area (Å²) in [6.45, 7) is 0.649. The van der Waals surface area contributed by atoms with Crippen LogP contribution in [0.2, 0.25) is 0 Å². The number of rotatable bonds is 8. The molecule has 2 N–H and O–H groups in total. The molecule has 0 aliphatic heterocycles. The second kappa shape index (κ2) is 8.48. The number of aryl methyl sites for hydroxylation is 1. The van der Waals surface area contributed by atoms with Gasteiger partial charge in [-0.15, -0.1) is 0 Å². The topological polar surface area (TPSA) is 43.1 Å². The zero-order valence-electron chi connectivity index (χ0n) is 9.73. The van der Waals surface area contributed by atoms with Crippen LogP contribution in [0.4, 0.5) is 0 Å². The van der Waals surface area contributed by atoms with Crippen molar-refractivity contribution in [2.75, 3.05) is 18.1 Å². The third-order valence-corrected chi connectivity index (χ3v) is 3.99. The van der Waals surface area contributed by atoms with E-state index in [1.165, 1.54) is 5.56 Å². The second-order valence-corrected chi connectivity index (χ2v) is 5.63. The highest BCUT2D eigenvalue weighted by Gasteiger charge is 1.99. The summed E-state index contributed by atoms with van der Waals surface area (Å²) in [5.41, 5.74) is 6.74. The van der Waals surface area contributed by atoms with Gasteiger partial charge in [0, 0.05) is 22.3 Å². The summed E-state index contributed by atoms with van der Waals surface area (Å²) in [7, 11) is -0.658. The fourth-order valence-electron chi connectivity index (χ4n) is 1.58. The Bertz CT molecular complexity index is 300. The molecule has 0 bridgehead atoms. The van der Waals surface area contributed by atoms with E-state index in [-0.39, 0.29) is 0 Å². The number of unbranched alkanes of at least 4 members (excludes halogenated alkanes) is 1. The van der Waals surface area contributed by atoms with Gasteiger partial charge in [0.1, 0.15) is 0 Å². The molecule has 0 heterocycles. The molecule has 0 aromatic heterocycles. The average molecular weight is 239 g/mol. The van der Waals surface area contributed by atoms with E-state index in [1.807, 2.05) is 6.07 Å². The molecule has 1 unspecified atom stereocenters. The molecule has 0 radical (unpaired) electrons. The zero-order chi connectivity index (χ0) is 11.6. The van der Waals surface area contributed by atoms with Crippen molar-refractivity contribution >= 4 is 10.8 Å². The van der Waals surface area contributed by atoms with E-state index in [0.717, 1.165) is 37.2 Å². The summed E-state index contributed by atoms with van der Waals surface area (Å²) in [6, 6.07) is 10.5. The smallest absolute Gasteiger partial charge is 0.0246 e. The SMILES string of the molecule is NCCCS(=O)CCCCc1ccccc1. The maximum absolute atomic E-state index is 11.5. The van der Waals surface area contributed by atoms with Gasteiger partial charge in [0.25, 0.3) is 0 Å². The highest BCUT2D eigenvalue weighted by Crippen LogP contribution is 2.05. The lowest BCUT2D eigenvalue weighted by Gasteiger charge is -2.02. The van der Waals surface area contributed by atoms with E-state index < -0.39 is 10.8 Å². The second-order valence-electron chi connectivity index (χ2n) is 3.93. The van der Waals surface area contributed by atoms with Gasteiger partial charge >= 0.3 is 0 Å². The summed E-state index contributed by atoms with van der Waals surface area (Å²) in [4.78, 5) is 0. The summed E-state index contributed by atoms with van der Waals surface area (Å²) < 4.78 is 11.5. The fraction of sp³-hybridized carbons (Fsp3) is 0.538. The van der Waals surface area contributed by atoms with Crippen molar-refractivity contribution in [3.8, 4) is 0 Å². The molecule has 2 nitrogen and oxygen atoms in total. The maximum Gasteiger partial charge on any atom is 0.0246 e. The molecule has 0 spiro atoms. The van der Waals surface area contributed by atoms with Gasteiger partial charge in [-0.25, -0.2) is 0 Å². The van der Waals surface area contributed by atoms with E-state index >= 15 is 0 Å². The lowest BCUT2D eigenvalue weighted by molar-refractivity contribution is 0.675. The Balaban J connectivity index is 2.06. The van der Waals surface area contributed by atoms with Crippen molar-refractivity contribution in [1.29, 1.82) is 0 Å². The minimum Gasteiger partial charge on any atom is -0.330 e. The van der Waals surface area contributed by atoms with Crippen LogP contribution in [0.5, 0.6) is 0 Å². The fourth-order valence-corrected chi connectivity index (χ4v) is 2.80. The van der Waals surface area contributed by atoms with Crippen LogP contribution in [0.15, 0.2) is 30.3 Å². The lowest BCUT2D eigenvalue weighted by atomic mass is 10.1. The molecule has 3 heteroatoms. The summed E-state index contributed by atoms with van der Waals surface area (Å²) in [5, 5.41) is 0. The molecule has 0 aliphatic carbocycles. The molecule has 1 aromatic carbocycles. The molecule has 0 saturated heterocycles. The van der Waals surface area contributed by atoms with Crippen LogP contribution < -0.4 is 5.73 Å². The Morgan fingerprint density at radius 3 is 2.38 bits per heavy atom. The molecule has 0 amide bonds. The maximum atomic E-state index is 11.5. The quantitative estimate of drug-likeness (QED) is 0.706. The van der Waals surface area contributed by atoms with Crippen molar-refractivity contribution in [3.05, 3.63) is 35.9 Å². The van der Waals surface area contributed by atoms with Gasteiger partial charge in [-0.1, -0.05) is 30.3 Å². The zero-order valence-corrected chi connectivity index (χ0v) is 10.5. The largest absolute Gasteiger partial charge is 0.330 e. The Morgan fingerprint density at radius 2 is 1.69 bits per heavy atom. The number of hydrogen-bond donors (Lipinski definition) is 1. The van der Waals surface area contributed by atoms with Gasteiger partial charge in [0.2, 0.25) is 0 Å². The minimum absolute atomic E-state index is 0.649. The predicted molar refractivity (Wildman–Crippen MR) is 70.9 cm³/mol. The number of hydrogen-bond acceptors (Lipinski definition) is 2. The van der Waals surface area contributed by atoms with Crippen LogP contribution in [0, 0.1) is 0 Å². The molecule has 1 rings (SSSR count). The van der Waals surface area contributed by atoms with E-state index in [4.69, 9.17) is 5.73 Å². The van der Waals surface area contributed by atoms with Gasteiger partial charge in [-0.3, -0.25) is 4.21 Å². The Kier molecular flexibility index (Phi) is 7.10. The Labute approximate surface area is 101 Å². The van der Waals surface area contributed by atoms with Crippen LogP contribution in [0.1, 0.15) is 24.8 Å². The lowest BCUT2D eigenvalue weighted by Crippen LogP contribution is -2.08. The van der Waals surface area contributed by atoms with Gasteiger partial charge in [-0.05, 0) is 37.8 Å². The number of benzene rings is 1. The van der Waals surface area contributed by atoms with Gasteiger partial charge < -0.3 is 5.73 Å². The van der Waals surface area contributed by atoms with Crippen LogP contribution in [0.3, 0.4) is 0 Å².